The third kappa shape index (κ3) is 2.46. The number of rotatable bonds is 3. The Morgan fingerprint density at radius 1 is 1.25 bits per heavy atom. The van der Waals surface area contributed by atoms with Gasteiger partial charge in [-0.1, -0.05) is 43.1 Å². The normalized spacial score (nSPS) is 24.3. The molecule has 1 nitrogen and oxygen atoms in total. The second kappa shape index (κ2) is 4.85. The highest BCUT2D eigenvalue weighted by Gasteiger charge is 2.31. The molecule has 1 saturated carbocycles. The van der Waals surface area contributed by atoms with Gasteiger partial charge in [0.25, 0.3) is 0 Å². The Balaban J connectivity index is 1.94. The van der Waals surface area contributed by atoms with E-state index in [-0.39, 0.29) is 0 Å². The summed E-state index contributed by atoms with van der Waals surface area (Å²) in [5.41, 5.74) is 0.960. The number of nitrogens with one attached hydrogen (secondary N) is 1. The van der Waals surface area contributed by atoms with Crippen molar-refractivity contribution in [2.24, 2.45) is 11.8 Å². The van der Waals surface area contributed by atoms with Crippen LogP contribution in [0.25, 0.3) is 0 Å². The average Bonchev–Trinajstić information content (AvgIpc) is 2.16. The molecular formula is C13H17Cl2N. The Labute approximate surface area is 107 Å². The molecule has 1 N–H and O–H groups in total. The standard InChI is InChI=1S/C13H17Cl2N/c1-8(2)9-6-10(7-9)16-12-5-3-4-11(14)13(12)15/h3-5,8-10,16H,6-7H2,1-2H3. The first-order valence-electron chi connectivity index (χ1n) is 5.78. The van der Waals surface area contributed by atoms with Crippen LogP contribution in [-0.4, -0.2) is 6.04 Å². The van der Waals surface area contributed by atoms with Gasteiger partial charge in [0, 0.05) is 6.04 Å². The van der Waals surface area contributed by atoms with Gasteiger partial charge in [0.1, 0.15) is 0 Å². The Hall–Kier alpha value is -0.400. The Morgan fingerprint density at radius 3 is 2.56 bits per heavy atom. The molecule has 0 radical (unpaired) electrons. The molecular weight excluding hydrogens is 241 g/mol. The summed E-state index contributed by atoms with van der Waals surface area (Å²) in [5, 5.41) is 4.71. The van der Waals surface area contributed by atoms with Crippen molar-refractivity contribution in [3.8, 4) is 0 Å². The first-order valence-corrected chi connectivity index (χ1v) is 6.54. The van der Waals surface area contributed by atoms with Crippen LogP contribution in [-0.2, 0) is 0 Å². The lowest BCUT2D eigenvalue weighted by atomic mass is 9.73. The second-order valence-corrected chi connectivity index (χ2v) is 5.70. The minimum atomic E-state index is 0.559. The van der Waals surface area contributed by atoms with Gasteiger partial charge in [0.15, 0.2) is 0 Å². The molecule has 1 fully saturated rings. The van der Waals surface area contributed by atoms with E-state index in [0.717, 1.165) is 17.5 Å². The molecule has 1 aromatic rings. The van der Waals surface area contributed by atoms with E-state index in [1.807, 2.05) is 18.2 Å². The topological polar surface area (TPSA) is 12.0 Å². The highest BCUT2D eigenvalue weighted by Crippen LogP contribution is 2.37. The van der Waals surface area contributed by atoms with Gasteiger partial charge in [-0.3, -0.25) is 0 Å². The summed E-state index contributed by atoms with van der Waals surface area (Å²) < 4.78 is 0. The monoisotopic (exact) mass is 257 g/mol. The Kier molecular flexibility index (Phi) is 3.66. The molecule has 3 heteroatoms. The predicted molar refractivity (Wildman–Crippen MR) is 71.4 cm³/mol. The molecule has 0 saturated heterocycles. The molecule has 1 aliphatic carbocycles. The number of anilines is 1. The van der Waals surface area contributed by atoms with Crippen LogP contribution >= 0.6 is 23.2 Å². The van der Waals surface area contributed by atoms with E-state index in [2.05, 4.69) is 19.2 Å². The van der Waals surface area contributed by atoms with Crippen molar-refractivity contribution in [2.45, 2.75) is 32.7 Å². The lowest BCUT2D eigenvalue weighted by molar-refractivity contribution is 0.212. The Bertz CT molecular complexity index is 370. The van der Waals surface area contributed by atoms with Crippen molar-refractivity contribution in [1.29, 1.82) is 0 Å². The van der Waals surface area contributed by atoms with E-state index < -0.39 is 0 Å². The maximum Gasteiger partial charge on any atom is 0.0823 e. The van der Waals surface area contributed by atoms with Crippen molar-refractivity contribution in [3.05, 3.63) is 28.2 Å². The summed E-state index contributed by atoms with van der Waals surface area (Å²) in [5.74, 6) is 1.64. The smallest absolute Gasteiger partial charge is 0.0823 e. The van der Waals surface area contributed by atoms with Crippen molar-refractivity contribution < 1.29 is 0 Å². The zero-order valence-electron chi connectivity index (χ0n) is 9.63. The van der Waals surface area contributed by atoms with Crippen LogP contribution in [0.4, 0.5) is 5.69 Å². The van der Waals surface area contributed by atoms with Gasteiger partial charge >= 0.3 is 0 Å². The SMILES string of the molecule is CC(C)C1CC(Nc2cccc(Cl)c2Cl)C1. The quantitative estimate of drug-likeness (QED) is 0.817. The summed E-state index contributed by atoms with van der Waals surface area (Å²) in [6, 6.07) is 6.28. The van der Waals surface area contributed by atoms with E-state index in [4.69, 9.17) is 23.2 Å². The number of hydrogen-bond acceptors (Lipinski definition) is 1. The zero-order valence-corrected chi connectivity index (χ0v) is 11.1. The van der Waals surface area contributed by atoms with E-state index in [0.29, 0.717) is 16.1 Å². The average molecular weight is 258 g/mol. The summed E-state index contributed by atoms with van der Waals surface area (Å²) in [6.07, 6.45) is 2.47. The molecule has 88 valence electrons. The van der Waals surface area contributed by atoms with Crippen molar-refractivity contribution in [2.75, 3.05) is 5.32 Å². The van der Waals surface area contributed by atoms with E-state index >= 15 is 0 Å². The van der Waals surface area contributed by atoms with Crippen LogP contribution in [0.2, 0.25) is 10.0 Å². The van der Waals surface area contributed by atoms with Gasteiger partial charge in [-0.2, -0.15) is 0 Å². The lowest BCUT2D eigenvalue weighted by Crippen LogP contribution is -2.37. The van der Waals surface area contributed by atoms with E-state index in [9.17, 15) is 0 Å². The maximum absolute atomic E-state index is 6.12. The fourth-order valence-corrected chi connectivity index (χ4v) is 2.51. The van der Waals surface area contributed by atoms with Gasteiger partial charge in [-0.25, -0.2) is 0 Å². The van der Waals surface area contributed by atoms with Crippen LogP contribution in [0, 0.1) is 11.8 Å². The molecule has 0 aromatic heterocycles. The van der Waals surface area contributed by atoms with Gasteiger partial charge in [-0.05, 0) is 36.8 Å². The summed E-state index contributed by atoms with van der Waals surface area (Å²) in [6.45, 7) is 4.57. The predicted octanol–water partition coefficient (Wildman–Crippen LogP) is 4.84. The van der Waals surface area contributed by atoms with Crippen LogP contribution in [0.1, 0.15) is 26.7 Å². The van der Waals surface area contributed by atoms with Gasteiger partial charge in [0.05, 0.1) is 15.7 Å². The molecule has 2 rings (SSSR count). The fraction of sp³-hybridized carbons (Fsp3) is 0.538. The highest BCUT2D eigenvalue weighted by atomic mass is 35.5. The van der Waals surface area contributed by atoms with Crippen molar-refractivity contribution in [1.82, 2.24) is 0 Å². The first kappa shape index (κ1) is 12.1. The van der Waals surface area contributed by atoms with E-state index in [1.165, 1.54) is 12.8 Å². The third-order valence-corrected chi connectivity index (χ3v) is 4.25. The minimum absolute atomic E-state index is 0.559. The largest absolute Gasteiger partial charge is 0.381 e. The molecule has 0 atom stereocenters. The fourth-order valence-electron chi connectivity index (χ4n) is 2.16. The molecule has 16 heavy (non-hydrogen) atoms. The van der Waals surface area contributed by atoms with Crippen LogP contribution in [0.15, 0.2) is 18.2 Å². The summed E-state index contributed by atoms with van der Waals surface area (Å²) >= 11 is 12.1. The van der Waals surface area contributed by atoms with Gasteiger partial charge in [0.2, 0.25) is 0 Å². The lowest BCUT2D eigenvalue weighted by Gasteiger charge is -2.39. The van der Waals surface area contributed by atoms with Gasteiger partial charge in [-0.15, -0.1) is 0 Å². The molecule has 0 amide bonds. The highest BCUT2D eigenvalue weighted by molar-refractivity contribution is 6.43. The molecule has 0 aliphatic heterocycles. The minimum Gasteiger partial charge on any atom is -0.381 e. The Morgan fingerprint density at radius 2 is 1.94 bits per heavy atom. The molecule has 0 heterocycles. The summed E-state index contributed by atoms with van der Waals surface area (Å²) in [7, 11) is 0. The van der Waals surface area contributed by atoms with Gasteiger partial charge < -0.3 is 5.32 Å². The molecule has 0 bridgehead atoms. The summed E-state index contributed by atoms with van der Waals surface area (Å²) in [4.78, 5) is 0. The third-order valence-electron chi connectivity index (χ3n) is 3.43. The first-order chi connectivity index (χ1) is 7.58. The van der Waals surface area contributed by atoms with Crippen LogP contribution in [0.5, 0.6) is 0 Å². The second-order valence-electron chi connectivity index (χ2n) is 4.92. The van der Waals surface area contributed by atoms with Crippen LogP contribution < -0.4 is 5.32 Å². The number of halogens is 2. The number of hydrogen-bond donors (Lipinski definition) is 1. The van der Waals surface area contributed by atoms with Crippen molar-refractivity contribution >= 4 is 28.9 Å². The van der Waals surface area contributed by atoms with Crippen LogP contribution in [0.3, 0.4) is 0 Å². The van der Waals surface area contributed by atoms with Crippen molar-refractivity contribution in [3.63, 3.8) is 0 Å². The molecule has 1 aliphatic rings. The molecule has 0 spiro atoms. The zero-order chi connectivity index (χ0) is 11.7. The molecule has 0 unspecified atom stereocenters. The number of benzene rings is 1. The van der Waals surface area contributed by atoms with E-state index in [1.54, 1.807) is 0 Å². The molecule has 1 aromatic carbocycles. The maximum atomic E-state index is 6.12.